The molecule has 10 aromatic rings. The lowest BCUT2D eigenvalue weighted by Crippen LogP contribution is -1.93. The van der Waals surface area contributed by atoms with Crippen molar-refractivity contribution in [2.24, 2.45) is 0 Å². The van der Waals surface area contributed by atoms with E-state index in [9.17, 15) is 0 Å². The summed E-state index contributed by atoms with van der Waals surface area (Å²) in [6.45, 7) is 0. The first-order chi connectivity index (χ1) is 23.8. The van der Waals surface area contributed by atoms with Crippen LogP contribution in [-0.2, 0) is 0 Å². The molecule has 0 amide bonds. The van der Waals surface area contributed by atoms with Crippen molar-refractivity contribution in [3.8, 4) is 33.5 Å². The normalized spacial score (nSPS) is 11.8. The average Bonchev–Trinajstić information content (AvgIpc) is 3.17. The maximum atomic E-state index is 5.48. The Balaban J connectivity index is 1.12. The number of fused-ring (bicyclic) bond motifs is 11. The van der Waals surface area contributed by atoms with E-state index in [-0.39, 0.29) is 0 Å². The third-order valence-corrected chi connectivity index (χ3v) is 9.73. The molecule has 3 nitrogen and oxygen atoms in total. The van der Waals surface area contributed by atoms with Crippen LogP contribution in [0.15, 0.2) is 164 Å². The summed E-state index contributed by atoms with van der Waals surface area (Å²) in [5.74, 6) is 0. The van der Waals surface area contributed by atoms with Crippen LogP contribution in [0.4, 0.5) is 0 Å². The first kappa shape index (κ1) is 26.7. The zero-order valence-electron chi connectivity index (χ0n) is 25.9. The second kappa shape index (κ2) is 10.5. The van der Waals surface area contributed by atoms with Crippen LogP contribution in [0.25, 0.3) is 98.5 Å². The molecule has 10 rings (SSSR count). The molecule has 0 aliphatic rings. The van der Waals surface area contributed by atoms with E-state index in [1.807, 2.05) is 18.5 Å². The van der Waals surface area contributed by atoms with Crippen molar-refractivity contribution < 1.29 is 0 Å². The highest BCUT2D eigenvalue weighted by molar-refractivity contribution is 6.31. The minimum atomic E-state index is 0.929. The summed E-state index contributed by atoms with van der Waals surface area (Å²) in [5.41, 5.74) is 9.63. The van der Waals surface area contributed by atoms with E-state index in [2.05, 4.69) is 151 Å². The molecular formula is C45H27N3. The van der Waals surface area contributed by atoms with E-state index in [0.29, 0.717) is 0 Å². The fraction of sp³-hybridized carbons (Fsp3) is 0. The Morgan fingerprint density at radius 2 is 0.979 bits per heavy atom. The van der Waals surface area contributed by atoms with Gasteiger partial charge in [-0.1, -0.05) is 133 Å². The Kier molecular flexibility index (Phi) is 5.87. The van der Waals surface area contributed by atoms with Crippen molar-refractivity contribution in [2.75, 3.05) is 0 Å². The minimum Gasteiger partial charge on any atom is -0.254 e. The van der Waals surface area contributed by atoms with Gasteiger partial charge < -0.3 is 0 Å². The third kappa shape index (κ3) is 4.04. The van der Waals surface area contributed by atoms with Gasteiger partial charge in [0.1, 0.15) is 0 Å². The second-order valence-electron chi connectivity index (χ2n) is 12.4. The molecule has 0 atom stereocenters. The van der Waals surface area contributed by atoms with Gasteiger partial charge in [-0.3, -0.25) is 9.97 Å². The van der Waals surface area contributed by atoms with Gasteiger partial charge in [-0.2, -0.15) is 0 Å². The Morgan fingerprint density at radius 1 is 0.333 bits per heavy atom. The number of rotatable bonds is 3. The predicted octanol–water partition coefficient (Wildman–Crippen LogP) is 11.8. The zero-order valence-corrected chi connectivity index (χ0v) is 25.9. The quantitative estimate of drug-likeness (QED) is 0.187. The van der Waals surface area contributed by atoms with E-state index >= 15 is 0 Å². The highest BCUT2D eigenvalue weighted by Crippen LogP contribution is 2.41. The van der Waals surface area contributed by atoms with Gasteiger partial charge in [-0.15, -0.1) is 0 Å². The monoisotopic (exact) mass is 609 g/mol. The van der Waals surface area contributed by atoms with Gasteiger partial charge >= 0.3 is 0 Å². The summed E-state index contributed by atoms with van der Waals surface area (Å²) in [7, 11) is 0. The summed E-state index contributed by atoms with van der Waals surface area (Å²) in [4.78, 5) is 14.8. The van der Waals surface area contributed by atoms with Gasteiger partial charge in [-0.25, -0.2) is 4.98 Å². The number of nitrogens with zero attached hydrogens (tertiary/aromatic N) is 3. The van der Waals surface area contributed by atoms with E-state index < -0.39 is 0 Å². The standard InChI is InChI=1S/C45H27N3/c1-3-14-36-34(12-1)35-13-2-5-16-38(35)44-41(36)37-15-4-6-17-39(37)42(48-44)32-10-7-9-31(27-32)28-18-20-29(21-19-28)33-24-26-47-45-40(33)23-22-30-11-8-25-46-43(30)45/h1-27H. The van der Waals surface area contributed by atoms with Crippen molar-refractivity contribution in [1.82, 2.24) is 15.0 Å². The Bertz CT molecular complexity index is 2890. The van der Waals surface area contributed by atoms with Crippen molar-refractivity contribution in [3.05, 3.63) is 164 Å². The van der Waals surface area contributed by atoms with Gasteiger partial charge in [0.05, 0.1) is 22.2 Å². The lowest BCUT2D eigenvalue weighted by molar-refractivity contribution is 1.37. The van der Waals surface area contributed by atoms with Crippen molar-refractivity contribution in [3.63, 3.8) is 0 Å². The fourth-order valence-corrected chi connectivity index (χ4v) is 7.51. The van der Waals surface area contributed by atoms with E-state index in [1.54, 1.807) is 0 Å². The molecule has 222 valence electrons. The molecule has 0 saturated heterocycles. The summed E-state index contributed by atoms with van der Waals surface area (Å²) in [6, 6.07) is 54.1. The Morgan fingerprint density at radius 3 is 1.79 bits per heavy atom. The smallest absolute Gasteiger partial charge is 0.0970 e. The van der Waals surface area contributed by atoms with Crippen LogP contribution in [0, 0.1) is 0 Å². The number of benzene rings is 7. The molecule has 0 radical (unpaired) electrons. The van der Waals surface area contributed by atoms with Crippen molar-refractivity contribution in [2.45, 2.75) is 0 Å². The van der Waals surface area contributed by atoms with Crippen LogP contribution in [0.5, 0.6) is 0 Å². The first-order valence-electron chi connectivity index (χ1n) is 16.3. The van der Waals surface area contributed by atoms with Crippen LogP contribution in [0.3, 0.4) is 0 Å². The maximum absolute atomic E-state index is 5.48. The van der Waals surface area contributed by atoms with Crippen molar-refractivity contribution >= 4 is 65.0 Å². The van der Waals surface area contributed by atoms with Crippen LogP contribution >= 0.6 is 0 Å². The summed E-state index contributed by atoms with van der Waals surface area (Å²) >= 11 is 0. The predicted molar refractivity (Wildman–Crippen MR) is 201 cm³/mol. The largest absolute Gasteiger partial charge is 0.254 e. The summed E-state index contributed by atoms with van der Waals surface area (Å²) in [5, 5.41) is 10.7. The van der Waals surface area contributed by atoms with Gasteiger partial charge in [0.15, 0.2) is 0 Å². The molecule has 0 aliphatic heterocycles. The average molecular weight is 610 g/mol. The van der Waals surface area contributed by atoms with Gasteiger partial charge in [0, 0.05) is 44.9 Å². The van der Waals surface area contributed by atoms with Gasteiger partial charge in [0.2, 0.25) is 0 Å². The summed E-state index contributed by atoms with van der Waals surface area (Å²) in [6.07, 6.45) is 3.72. The lowest BCUT2D eigenvalue weighted by atomic mass is 9.92. The van der Waals surface area contributed by atoms with Crippen LogP contribution in [0.1, 0.15) is 0 Å². The SMILES string of the molecule is c1cc(-c2ccc(-c3ccnc4c3ccc3cccnc34)cc2)cc(-c2nc3c4ccccc4c4ccccc4c3c3ccccc23)c1. The van der Waals surface area contributed by atoms with Crippen LogP contribution in [-0.4, -0.2) is 15.0 Å². The number of aromatic nitrogens is 3. The zero-order chi connectivity index (χ0) is 31.6. The fourth-order valence-electron chi connectivity index (χ4n) is 7.51. The first-order valence-corrected chi connectivity index (χ1v) is 16.3. The second-order valence-corrected chi connectivity index (χ2v) is 12.4. The third-order valence-electron chi connectivity index (χ3n) is 9.73. The maximum Gasteiger partial charge on any atom is 0.0970 e. The Hall–Kier alpha value is -6.45. The molecule has 0 unspecified atom stereocenters. The highest BCUT2D eigenvalue weighted by atomic mass is 14.7. The lowest BCUT2D eigenvalue weighted by Gasteiger charge is -2.15. The molecule has 48 heavy (non-hydrogen) atoms. The molecule has 0 spiro atoms. The summed E-state index contributed by atoms with van der Waals surface area (Å²) < 4.78 is 0. The minimum absolute atomic E-state index is 0.929. The molecule has 3 heteroatoms. The van der Waals surface area contributed by atoms with Crippen molar-refractivity contribution in [1.29, 1.82) is 0 Å². The number of hydrogen-bond donors (Lipinski definition) is 0. The van der Waals surface area contributed by atoms with Crippen LogP contribution in [0.2, 0.25) is 0 Å². The molecule has 0 N–H and O–H groups in total. The van der Waals surface area contributed by atoms with Gasteiger partial charge in [-0.05, 0) is 62.0 Å². The molecular weight excluding hydrogens is 583 g/mol. The number of hydrogen-bond acceptors (Lipinski definition) is 3. The molecule has 0 fully saturated rings. The van der Waals surface area contributed by atoms with E-state index in [0.717, 1.165) is 66.2 Å². The number of pyridine rings is 3. The topological polar surface area (TPSA) is 38.7 Å². The van der Waals surface area contributed by atoms with E-state index in [4.69, 9.17) is 9.97 Å². The molecule has 3 aromatic heterocycles. The Labute approximate surface area is 276 Å². The van der Waals surface area contributed by atoms with Gasteiger partial charge in [0.25, 0.3) is 0 Å². The highest BCUT2D eigenvalue weighted by Gasteiger charge is 2.17. The van der Waals surface area contributed by atoms with E-state index in [1.165, 1.54) is 32.3 Å². The van der Waals surface area contributed by atoms with Crippen LogP contribution < -0.4 is 0 Å². The molecule has 0 aliphatic carbocycles. The molecule has 0 bridgehead atoms. The molecule has 3 heterocycles. The molecule has 7 aromatic carbocycles. The molecule has 0 saturated carbocycles.